The van der Waals surface area contributed by atoms with Gasteiger partial charge in [0.1, 0.15) is 0 Å². The number of fused-ring (bicyclic) bond motifs is 5. The Balaban J connectivity index is 0.000000314. The second-order valence-corrected chi connectivity index (χ2v) is 16.0. The molecule has 12 rings (SSSR count). The van der Waals surface area contributed by atoms with E-state index in [1.54, 1.807) is 17.5 Å². The summed E-state index contributed by atoms with van der Waals surface area (Å²) in [6, 6.07) is 80.0. The molecule has 3 aromatic heterocycles. The molecule has 0 amide bonds. The molecule has 3 nitrogen and oxygen atoms in total. The zero-order chi connectivity index (χ0) is 41.2. The largest absolute Gasteiger partial charge is 0.332 e. The molecule has 0 aliphatic carbocycles. The van der Waals surface area contributed by atoms with Crippen LogP contribution in [0.4, 0.5) is 0 Å². The van der Waals surface area contributed by atoms with Crippen molar-refractivity contribution < 1.29 is 20.1 Å². The van der Waals surface area contributed by atoms with E-state index in [1.165, 1.54) is 37.4 Å². The second kappa shape index (κ2) is 17.6. The monoisotopic (exact) mass is 1000 g/mol. The molecule has 0 atom stereocenters. The number of hydrogen-bond acceptors (Lipinski definition) is 3. The van der Waals surface area contributed by atoms with Crippen LogP contribution in [0.25, 0.3) is 104 Å². The van der Waals surface area contributed by atoms with Crippen molar-refractivity contribution in [2.45, 2.75) is 0 Å². The number of thiophene rings is 1. The minimum absolute atomic E-state index is 0. The number of hydrogen-bond donors (Lipinski definition) is 0. The molecule has 5 heteroatoms. The molecule has 9 aromatic carbocycles. The minimum Gasteiger partial charge on any atom is -0.332 e. The Morgan fingerprint density at radius 1 is 0.476 bits per heavy atom. The van der Waals surface area contributed by atoms with Gasteiger partial charge in [0.05, 0.1) is 22.5 Å². The maximum atomic E-state index is 5.37. The third kappa shape index (κ3) is 7.68. The molecule has 63 heavy (non-hydrogen) atoms. The average molecular weight is 1000 g/mol. The van der Waals surface area contributed by atoms with Crippen LogP contribution in [0.5, 0.6) is 0 Å². The van der Waals surface area contributed by atoms with Crippen molar-refractivity contribution >= 4 is 54.0 Å². The first-order valence-corrected chi connectivity index (χ1v) is 21.5. The van der Waals surface area contributed by atoms with Gasteiger partial charge < -0.3 is 9.55 Å². The van der Waals surface area contributed by atoms with Crippen molar-refractivity contribution in [1.82, 2.24) is 14.5 Å². The van der Waals surface area contributed by atoms with Crippen molar-refractivity contribution in [2.24, 2.45) is 0 Å². The quantitative estimate of drug-likeness (QED) is 0.123. The molecular weight excluding hydrogens is 963 g/mol. The van der Waals surface area contributed by atoms with Crippen LogP contribution in [0, 0.1) is 11.4 Å². The number of pyridine rings is 1. The van der Waals surface area contributed by atoms with E-state index in [1.807, 2.05) is 42.5 Å². The summed E-state index contributed by atoms with van der Waals surface area (Å²) >= 11 is 1.65. The van der Waals surface area contributed by atoms with E-state index in [0.29, 0.717) is 0 Å². The van der Waals surface area contributed by atoms with Crippen LogP contribution >= 0.6 is 11.3 Å². The van der Waals surface area contributed by atoms with Gasteiger partial charge >= 0.3 is 0 Å². The Labute approximate surface area is 384 Å². The fraction of sp³-hybridized carbons (Fsp3) is 0. The standard InChI is InChI=1S/C47H29N2S.C11H8N.Ir/c1-3-12-31(13-4-1)38-18-11-19-39(32-14-5-2-6-15-32)46(38)49-44-21-10-9-20-43(44)48-47(49)42-30-50-45-27-26-36(29-41(42)45)35-25-24-34-23-22-33-16-7-8-17-37(33)40(34)28-35;1-2-6-10(7-3-1)11-8-4-5-9-12-11;/h1-29H;1-6,8-9H;/q2*-1;. The molecule has 0 spiro atoms. The van der Waals surface area contributed by atoms with E-state index in [4.69, 9.17) is 4.98 Å². The summed E-state index contributed by atoms with van der Waals surface area (Å²) in [5, 5.41) is 9.91. The van der Waals surface area contributed by atoms with Crippen LogP contribution < -0.4 is 0 Å². The van der Waals surface area contributed by atoms with E-state index in [9.17, 15) is 0 Å². The maximum absolute atomic E-state index is 5.37. The zero-order valence-corrected chi connectivity index (χ0v) is 37.2. The van der Waals surface area contributed by atoms with Gasteiger partial charge in [-0.3, -0.25) is 16.3 Å². The van der Waals surface area contributed by atoms with Gasteiger partial charge in [0.15, 0.2) is 0 Å². The summed E-state index contributed by atoms with van der Waals surface area (Å²) in [6.45, 7) is 0. The molecule has 0 N–H and O–H groups in total. The van der Waals surface area contributed by atoms with Crippen LogP contribution in [0.3, 0.4) is 0 Å². The summed E-state index contributed by atoms with van der Waals surface area (Å²) in [7, 11) is 0. The summed E-state index contributed by atoms with van der Waals surface area (Å²) in [4.78, 5) is 9.58. The van der Waals surface area contributed by atoms with Crippen molar-refractivity contribution in [3.8, 4) is 61.7 Å². The Kier molecular flexibility index (Phi) is 11.1. The number of rotatable bonds is 6. The fourth-order valence-corrected chi connectivity index (χ4v) is 9.30. The van der Waals surface area contributed by atoms with Crippen molar-refractivity contribution in [1.29, 1.82) is 0 Å². The maximum Gasteiger partial charge on any atom is 0.0774 e. The fourth-order valence-electron chi connectivity index (χ4n) is 8.48. The number of para-hydroxylation sites is 3. The Morgan fingerprint density at radius 2 is 1.11 bits per heavy atom. The van der Waals surface area contributed by atoms with Crippen LogP contribution in [-0.2, 0) is 20.1 Å². The molecule has 0 bridgehead atoms. The molecule has 12 aromatic rings. The van der Waals surface area contributed by atoms with Crippen LogP contribution in [0.15, 0.2) is 225 Å². The van der Waals surface area contributed by atoms with E-state index in [0.717, 1.165) is 67.0 Å². The molecule has 301 valence electrons. The Morgan fingerprint density at radius 3 is 1.84 bits per heavy atom. The summed E-state index contributed by atoms with van der Waals surface area (Å²) < 4.78 is 3.56. The molecule has 0 fully saturated rings. The van der Waals surface area contributed by atoms with Crippen molar-refractivity contribution in [2.75, 3.05) is 0 Å². The number of nitrogens with zero attached hydrogens (tertiary/aromatic N) is 3. The minimum atomic E-state index is 0. The molecule has 0 saturated heterocycles. The molecule has 0 aliphatic heterocycles. The number of aromatic nitrogens is 3. The zero-order valence-electron chi connectivity index (χ0n) is 33.9. The van der Waals surface area contributed by atoms with Gasteiger partial charge in [-0.2, -0.15) is 0 Å². The predicted molar refractivity (Wildman–Crippen MR) is 261 cm³/mol. The topological polar surface area (TPSA) is 30.7 Å². The van der Waals surface area contributed by atoms with E-state index in [-0.39, 0.29) is 20.1 Å². The first kappa shape index (κ1) is 39.8. The van der Waals surface area contributed by atoms with Gasteiger partial charge in [-0.05, 0) is 73.8 Å². The van der Waals surface area contributed by atoms with E-state index >= 15 is 0 Å². The average Bonchev–Trinajstić information content (AvgIpc) is 3.96. The van der Waals surface area contributed by atoms with Gasteiger partial charge in [0.2, 0.25) is 0 Å². The van der Waals surface area contributed by atoms with E-state index < -0.39 is 0 Å². The molecule has 1 radical (unpaired) electrons. The van der Waals surface area contributed by atoms with Gasteiger partial charge in [-0.15, -0.1) is 41.3 Å². The van der Waals surface area contributed by atoms with Gasteiger partial charge in [0.25, 0.3) is 0 Å². The first-order chi connectivity index (χ1) is 30.8. The van der Waals surface area contributed by atoms with Crippen molar-refractivity contribution in [3.05, 3.63) is 236 Å². The molecular formula is C58H37IrN3S-2. The van der Waals surface area contributed by atoms with Crippen molar-refractivity contribution in [3.63, 3.8) is 0 Å². The third-order valence-electron chi connectivity index (χ3n) is 11.5. The Hall–Kier alpha value is -7.27. The summed E-state index contributed by atoms with van der Waals surface area (Å²) in [5.41, 5.74) is 13.2. The van der Waals surface area contributed by atoms with Crippen LogP contribution in [0.1, 0.15) is 0 Å². The van der Waals surface area contributed by atoms with Crippen LogP contribution in [-0.4, -0.2) is 14.5 Å². The molecule has 0 aliphatic rings. The second-order valence-electron chi connectivity index (χ2n) is 15.2. The van der Waals surface area contributed by atoms with Gasteiger partial charge in [-0.25, -0.2) is 0 Å². The first-order valence-electron chi connectivity index (χ1n) is 20.7. The smallest absolute Gasteiger partial charge is 0.0774 e. The number of imidazole rings is 1. The Bertz CT molecular complexity index is 3410. The summed E-state index contributed by atoms with van der Waals surface area (Å²) in [6.07, 6.45) is 1.79. The third-order valence-corrected chi connectivity index (χ3v) is 12.3. The van der Waals surface area contributed by atoms with Gasteiger partial charge in [0, 0.05) is 37.4 Å². The van der Waals surface area contributed by atoms with Gasteiger partial charge in [-0.1, -0.05) is 186 Å². The normalized spacial score (nSPS) is 11.0. The molecule has 0 saturated carbocycles. The predicted octanol–water partition coefficient (Wildman–Crippen LogP) is 15.6. The molecule has 3 heterocycles. The van der Waals surface area contributed by atoms with Crippen LogP contribution in [0.2, 0.25) is 0 Å². The summed E-state index contributed by atoms with van der Waals surface area (Å²) in [5.74, 6) is 0.889. The SMILES string of the molecule is [Ir].[c-]1ccccc1-c1ccccn1.[c-]1sc2ccc(-c3ccc4ccc5ccccc5c4c3)cc2c1-c1nc2ccccc2n1-c1c(-c2ccccc2)cccc1-c1ccccc1. The van der Waals surface area contributed by atoms with E-state index in [2.05, 4.69) is 197 Å². The molecule has 0 unspecified atom stereocenters. The number of benzene rings is 9.